The summed E-state index contributed by atoms with van der Waals surface area (Å²) in [6, 6.07) is 67.8. The number of rotatable bonds is 10. The van der Waals surface area contributed by atoms with Crippen molar-refractivity contribution < 1.29 is 30.4 Å². The Morgan fingerprint density at radius 2 is 1.11 bits per heavy atom. The number of fused-ring (bicyclic) bond motifs is 3. The van der Waals surface area contributed by atoms with E-state index in [0.717, 1.165) is 61.4 Å². The molecule has 0 bridgehead atoms. The molecule has 0 radical (unpaired) electrons. The number of pyridine rings is 1. The zero-order valence-electron chi connectivity index (χ0n) is 41.8. The molecule has 6 heteroatoms. The summed E-state index contributed by atoms with van der Waals surface area (Å²) in [5.41, 5.74) is 12.3. The third-order valence-electron chi connectivity index (χ3n) is 13.9. The molecule has 10 aromatic rings. The Hall–Kier alpha value is -6.81. The van der Waals surface area contributed by atoms with Crippen molar-refractivity contribution in [3.8, 4) is 39.8 Å². The monoisotopic (exact) mass is 1100 g/mol. The molecule has 0 fully saturated rings. The van der Waals surface area contributed by atoms with Gasteiger partial charge in [-0.25, -0.2) is 4.98 Å². The summed E-state index contributed by atoms with van der Waals surface area (Å²) in [5, 5.41) is 2.22. The fraction of sp³-hybridized carbons (Fsp3) is 0.219. The smallest absolute Gasteiger partial charge is 0.267 e. The molecule has 0 amide bonds. The average Bonchev–Trinajstić information content (AvgIpc) is 3.96. The minimum absolute atomic E-state index is 0. The van der Waals surface area contributed by atoms with Gasteiger partial charge in [0.25, 0.3) is 6.33 Å². The Morgan fingerprint density at radius 1 is 0.500 bits per heavy atom. The molecule has 0 spiro atoms. The van der Waals surface area contributed by atoms with E-state index >= 15 is 0 Å². The number of nitrogens with zero attached hydrogens (tertiary/aromatic N) is 4. The first-order chi connectivity index (χ1) is 32.9. The molecule has 0 aliphatic carbocycles. The van der Waals surface area contributed by atoms with Crippen LogP contribution in [0.3, 0.4) is 0 Å². The molecular formula is C64H60N4OPt-2. The fourth-order valence-electron chi connectivity index (χ4n) is 9.53. The van der Waals surface area contributed by atoms with Crippen LogP contribution in [0.15, 0.2) is 182 Å². The molecule has 0 N–H and O–H groups in total. The summed E-state index contributed by atoms with van der Waals surface area (Å²) in [4.78, 5) is 4.91. The van der Waals surface area contributed by atoms with Gasteiger partial charge in [-0.2, -0.15) is 12.1 Å². The van der Waals surface area contributed by atoms with E-state index in [-0.39, 0.29) is 42.7 Å². The van der Waals surface area contributed by atoms with Crippen LogP contribution < -0.4 is 9.30 Å². The molecule has 3 heterocycles. The molecule has 7 aromatic carbocycles. The maximum Gasteiger partial charge on any atom is 0.267 e. The normalized spacial score (nSPS) is 12.3. The first kappa shape index (κ1) is 48.2. The van der Waals surface area contributed by atoms with E-state index in [0.29, 0.717) is 11.5 Å². The fourth-order valence-corrected chi connectivity index (χ4v) is 9.53. The van der Waals surface area contributed by atoms with Crippen LogP contribution in [0, 0.1) is 18.5 Å². The van der Waals surface area contributed by atoms with Crippen molar-refractivity contribution in [2.45, 2.75) is 90.9 Å². The van der Waals surface area contributed by atoms with Gasteiger partial charge in [-0.15, -0.1) is 35.2 Å². The van der Waals surface area contributed by atoms with Gasteiger partial charge in [0.15, 0.2) is 0 Å². The Kier molecular flexibility index (Phi) is 12.7. The Morgan fingerprint density at radius 3 is 1.76 bits per heavy atom. The van der Waals surface area contributed by atoms with Crippen molar-refractivity contribution in [1.82, 2.24) is 14.1 Å². The summed E-state index contributed by atoms with van der Waals surface area (Å²) in [6.07, 6.45) is 7.95. The molecule has 0 atom stereocenters. The van der Waals surface area contributed by atoms with Crippen molar-refractivity contribution in [1.29, 1.82) is 0 Å². The van der Waals surface area contributed by atoms with E-state index in [4.69, 9.17) is 9.72 Å². The second-order valence-electron chi connectivity index (χ2n) is 21.5. The van der Waals surface area contributed by atoms with E-state index in [1.54, 1.807) is 0 Å². The van der Waals surface area contributed by atoms with Crippen LogP contribution in [0.5, 0.6) is 11.5 Å². The number of ether oxygens (including phenoxy) is 1. The number of aromatic nitrogens is 4. The number of benzene rings is 7. The van der Waals surface area contributed by atoms with E-state index in [1.807, 2.05) is 12.3 Å². The molecule has 0 saturated heterocycles. The van der Waals surface area contributed by atoms with E-state index in [9.17, 15) is 0 Å². The van der Waals surface area contributed by atoms with E-state index < -0.39 is 0 Å². The zero-order chi connectivity index (χ0) is 48.3. The number of hydrogen-bond donors (Lipinski definition) is 0. The maximum absolute atomic E-state index is 6.96. The SMILES string of the molecule is CC(C)(C)c1ccnc(-n2c3[c-]c(Oc4[c-]c(-n5[c-][n+](-c6cc(-c7ccccc7)cc(C(C)(C)c7ccccc7)c6)c(C(C)(C)C)c5)cc(C(C)(C)c5ccccc5)c4)ccc3c3ccccc32)c1.[Pt]. The summed E-state index contributed by atoms with van der Waals surface area (Å²) in [7, 11) is 0. The van der Waals surface area contributed by atoms with Crippen LogP contribution in [0.25, 0.3) is 50.1 Å². The van der Waals surface area contributed by atoms with Gasteiger partial charge in [0.2, 0.25) is 0 Å². The van der Waals surface area contributed by atoms with Gasteiger partial charge in [-0.05, 0) is 91.0 Å². The van der Waals surface area contributed by atoms with Crippen molar-refractivity contribution in [3.63, 3.8) is 0 Å². The molecule has 5 nitrogen and oxygen atoms in total. The molecule has 10 rings (SSSR count). The first-order valence-corrected chi connectivity index (χ1v) is 24.0. The zero-order valence-corrected chi connectivity index (χ0v) is 44.1. The first-order valence-electron chi connectivity index (χ1n) is 24.0. The van der Waals surface area contributed by atoms with E-state index in [1.165, 1.54) is 22.3 Å². The minimum atomic E-state index is -0.384. The van der Waals surface area contributed by atoms with Crippen LogP contribution in [0.2, 0.25) is 0 Å². The Bertz CT molecular complexity index is 3480. The number of imidazole rings is 1. The molecule has 0 unspecified atom stereocenters. The average molecular weight is 1100 g/mol. The third kappa shape index (κ3) is 9.20. The van der Waals surface area contributed by atoms with E-state index in [2.05, 4.69) is 271 Å². The number of para-hydroxylation sites is 1. The van der Waals surface area contributed by atoms with Crippen LogP contribution in [0.1, 0.15) is 103 Å². The largest absolute Gasteiger partial charge is 0.510 e. The minimum Gasteiger partial charge on any atom is -0.510 e. The number of hydrogen-bond acceptors (Lipinski definition) is 2. The third-order valence-corrected chi connectivity index (χ3v) is 13.9. The Labute approximate surface area is 428 Å². The molecular weight excluding hydrogens is 1040 g/mol. The summed E-state index contributed by atoms with van der Waals surface area (Å²) in [5.74, 6) is 2.02. The molecule has 0 aliphatic heterocycles. The molecule has 0 saturated carbocycles. The van der Waals surface area contributed by atoms with Crippen molar-refractivity contribution in [2.75, 3.05) is 0 Å². The summed E-state index contributed by atoms with van der Waals surface area (Å²) < 4.78 is 13.5. The van der Waals surface area contributed by atoms with Gasteiger partial charge in [0.1, 0.15) is 5.82 Å². The predicted octanol–water partition coefficient (Wildman–Crippen LogP) is 15.4. The van der Waals surface area contributed by atoms with Gasteiger partial charge < -0.3 is 13.9 Å². The summed E-state index contributed by atoms with van der Waals surface area (Å²) >= 11 is 0. The van der Waals surface area contributed by atoms with Gasteiger partial charge in [-0.3, -0.25) is 4.57 Å². The molecule has 3 aromatic heterocycles. The molecule has 70 heavy (non-hydrogen) atoms. The van der Waals surface area contributed by atoms with Gasteiger partial charge in [0.05, 0.1) is 11.4 Å². The molecule has 0 aliphatic rings. The topological polar surface area (TPSA) is 35.9 Å². The Balaban J connectivity index is 0.00000608. The predicted molar refractivity (Wildman–Crippen MR) is 282 cm³/mol. The van der Waals surface area contributed by atoms with Gasteiger partial charge in [0, 0.05) is 55.9 Å². The van der Waals surface area contributed by atoms with Crippen molar-refractivity contribution in [3.05, 3.63) is 234 Å². The second kappa shape index (κ2) is 18.5. The standard InChI is InChI=1S/C64H60N4O.Pt/c1-61(2,3)48-32-33-65-60(39-48)68-57-29-21-20-28-55(57)56-31-30-53(41-58(56)68)69-54-38-50(64(9,10)47-26-18-13-19-27-47)36-51(40-54)66-42-59(62(4,5)6)67(43-66)52-35-45(44-22-14-11-15-23-44)34-49(37-52)63(7,8)46-24-16-12-17-25-46;/h11-39,42H,1-10H3;/q-2;. The maximum atomic E-state index is 6.96. The van der Waals surface area contributed by atoms with Crippen LogP contribution in [-0.4, -0.2) is 14.1 Å². The van der Waals surface area contributed by atoms with Gasteiger partial charge >= 0.3 is 0 Å². The van der Waals surface area contributed by atoms with Crippen LogP contribution in [0.4, 0.5) is 0 Å². The molecule has 354 valence electrons. The van der Waals surface area contributed by atoms with Crippen LogP contribution >= 0.6 is 0 Å². The quantitative estimate of drug-likeness (QED) is 0.101. The van der Waals surface area contributed by atoms with Crippen LogP contribution in [-0.2, 0) is 42.7 Å². The van der Waals surface area contributed by atoms with Crippen molar-refractivity contribution >= 4 is 21.8 Å². The van der Waals surface area contributed by atoms with Gasteiger partial charge in [-0.1, -0.05) is 190 Å². The second-order valence-corrected chi connectivity index (χ2v) is 21.5. The summed E-state index contributed by atoms with van der Waals surface area (Å²) in [6.45, 7) is 22.7. The van der Waals surface area contributed by atoms with Crippen molar-refractivity contribution in [2.24, 2.45) is 0 Å².